The minimum Gasteiger partial charge on any atom is -0.489 e. The highest BCUT2D eigenvalue weighted by Crippen LogP contribution is 2.33. The quantitative estimate of drug-likeness (QED) is 0.789. The molecule has 1 atom stereocenters. The smallest absolute Gasteiger partial charge is 0.159 e. The van der Waals surface area contributed by atoms with E-state index < -0.39 is 0 Å². The first-order valence-corrected chi connectivity index (χ1v) is 6.94. The fraction of sp³-hybridized carbons (Fsp3) is 0.667. The number of nitrogens with zero attached hydrogens (tertiary/aromatic N) is 1. The molecule has 3 rings (SSSR count). The van der Waals surface area contributed by atoms with E-state index in [1.54, 1.807) is 0 Å². The Balaban J connectivity index is 1.83. The second-order valence-corrected chi connectivity index (χ2v) is 5.54. The van der Waals surface area contributed by atoms with Crippen molar-refractivity contribution in [3.8, 4) is 0 Å². The molecule has 0 saturated carbocycles. The van der Waals surface area contributed by atoms with Gasteiger partial charge in [0.2, 0.25) is 0 Å². The van der Waals surface area contributed by atoms with Crippen LogP contribution < -0.4 is 5.32 Å². The van der Waals surface area contributed by atoms with Gasteiger partial charge in [-0.05, 0) is 6.08 Å². The molecule has 17 heavy (non-hydrogen) atoms. The van der Waals surface area contributed by atoms with Crippen LogP contribution in [0.2, 0.25) is 0 Å². The van der Waals surface area contributed by atoms with Gasteiger partial charge in [-0.15, -0.1) is 0 Å². The third kappa shape index (κ3) is 2.37. The van der Waals surface area contributed by atoms with E-state index in [9.17, 15) is 0 Å². The van der Waals surface area contributed by atoms with E-state index in [0.29, 0.717) is 19.3 Å². The first-order chi connectivity index (χ1) is 8.34. The predicted octanol–water partition coefficient (Wildman–Crippen LogP) is 1.20. The molecule has 5 heteroatoms. The van der Waals surface area contributed by atoms with Crippen LogP contribution in [0.5, 0.6) is 0 Å². The summed E-state index contributed by atoms with van der Waals surface area (Å²) in [4.78, 5) is 2.48. The summed E-state index contributed by atoms with van der Waals surface area (Å²) in [6, 6.07) is 0.340. The third-order valence-electron chi connectivity index (χ3n) is 3.41. The van der Waals surface area contributed by atoms with Crippen LogP contribution in [-0.4, -0.2) is 50.3 Å². The number of piperazine rings is 1. The molecule has 0 bridgehead atoms. The van der Waals surface area contributed by atoms with Crippen molar-refractivity contribution >= 4 is 15.9 Å². The van der Waals surface area contributed by atoms with Crippen molar-refractivity contribution in [1.29, 1.82) is 0 Å². The molecule has 1 aliphatic carbocycles. The second-order valence-electron chi connectivity index (χ2n) is 4.52. The lowest BCUT2D eigenvalue weighted by molar-refractivity contribution is 0.0312. The zero-order valence-corrected chi connectivity index (χ0v) is 11.3. The van der Waals surface area contributed by atoms with Crippen molar-refractivity contribution in [1.82, 2.24) is 10.2 Å². The largest absolute Gasteiger partial charge is 0.489 e. The molecular formula is C12H17BrN2O2. The Morgan fingerprint density at radius 3 is 2.82 bits per heavy atom. The predicted molar refractivity (Wildman–Crippen MR) is 68.8 cm³/mol. The van der Waals surface area contributed by atoms with Gasteiger partial charge in [0.15, 0.2) is 11.5 Å². The highest BCUT2D eigenvalue weighted by atomic mass is 79.9. The summed E-state index contributed by atoms with van der Waals surface area (Å²) in [5.74, 6) is 1.94. The maximum Gasteiger partial charge on any atom is 0.159 e. The molecule has 0 radical (unpaired) electrons. The number of allylic oxidation sites excluding steroid dienone is 1. The van der Waals surface area contributed by atoms with Crippen LogP contribution in [0.15, 0.2) is 22.1 Å². The Bertz CT molecular complexity index is 362. The van der Waals surface area contributed by atoms with Crippen molar-refractivity contribution in [3.63, 3.8) is 0 Å². The van der Waals surface area contributed by atoms with E-state index in [-0.39, 0.29) is 0 Å². The van der Waals surface area contributed by atoms with E-state index in [2.05, 4.69) is 26.1 Å². The zero-order valence-electron chi connectivity index (χ0n) is 9.75. The standard InChI is InChI=1S/C12H17BrN2O2/c13-9-7-10(15-3-1-14-2-4-15)12-11(8-9)16-5-6-17-12/h8,10,14H,1-7H2. The molecule has 2 aliphatic heterocycles. The number of hydrogen-bond acceptors (Lipinski definition) is 4. The Hall–Kier alpha value is -0.520. The fourth-order valence-electron chi connectivity index (χ4n) is 2.59. The van der Waals surface area contributed by atoms with Gasteiger partial charge in [-0.25, -0.2) is 0 Å². The lowest BCUT2D eigenvalue weighted by Crippen LogP contribution is -2.50. The van der Waals surface area contributed by atoms with Crippen LogP contribution >= 0.6 is 15.9 Å². The molecule has 4 nitrogen and oxygen atoms in total. The van der Waals surface area contributed by atoms with Gasteiger partial charge in [-0.3, -0.25) is 4.90 Å². The zero-order chi connectivity index (χ0) is 11.7. The van der Waals surface area contributed by atoms with E-state index >= 15 is 0 Å². The van der Waals surface area contributed by atoms with Crippen molar-refractivity contribution in [3.05, 3.63) is 22.1 Å². The van der Waals surface area contributed by atoms with Crippen LogP contribution in [-0.2, 0) is 9.47 Å². The van der Waals surface area contributed by atoms with Gasteiger partial charge in [0.05, 0.1) is 6.04 Å². The molecule has 0 aromatic rings. The number of nitrogens with one attached hydrogen (secondary N) is 1. The van der Waals surface area contributed by atoms with E-state index in [4.69, 9.17) is 9.47 Å². The Kier molecular flexibility index (Phi) is 3.40. The van der Waals surface area contributed by atoms with Crippen molar-refractivity contribution < 1.29 is 9.47 Å². The molecular weight excluding hydrogens is 284 g/mol. The van der Waals surface area contributed by atoms with Gasteiger partial charge >= 0.3 is 0 Å². The van der Waals surface area contributed by atoms with Crippen LogP contribution in [0.4, 0.5) is 0 Å². The van der Waals surface area contributed by atoms with Crippen LogP contribution in [0.1, 0.15) is 6.42 Å². The van der Waals surface area contributed by atoms with Gasteiger partial charge in [-0.1, -0.05) is 15.9 Å². The van der Waals surface area contributed by atoms with Gasteiger partial charge in [0, 0.05) is 37.1 Å². The molecule has 94 valence electrons. The van der Waals surface area contributed by atoms with Crippen molar-refractivity contribution in [2.24, 2.45) is 0 Å². The average molecular weight is 301 g/mol. The maximum atomic E-state index is 5.82. The van der Waals surface area contributed by atoms with Gasteiger partial charge in [0.25, 0.3) is 0 Å². The minimum atomic E-state index is 0.340. The van der Waals surface area contributed by atoms with Crippen molar-refractivity contribution in [2.45, 2.75) is 12.5 Å². The van der Waals surface area contributed by atoms with Gasteiger partial charge in [0.1, 0.15) is 13.2 Å². The number of ether oxygens (including phenoxy) is 2. The summed E-state index contributed by atoms with van der Waals surface area (Å²) < 4.78 is 12.7. The lowest BCUT2D eigenvalue weighted by atomic mass is 10.0. The molecule has 0 aromatic carbocycles. The second kappa shape index (κ2) is 5.00. The molecule has 1 fully saturated rings. The molecule has 1 N–H and O–H groups in total. The van der Waals surface area contributed by atoms with Gasteiger partial charge < -0.3 is 14.8 Å². The first kappa shape index (κ1) is 11.6. The average Bonchev–Trinajstić information content (AvgIpc) is 2.39. The summed E-state index contributed by atoms with van der Waals surface area (Å²) in [7, 11) is 0. The Morgan fingerprint density at radius 1 is 1.24 bits per heavy atom. The van der Waals surface area contributed by atoms with Crippen LogP contribution in [0.25, 0.3) is 0 Å². The topological polar surface area (TPSA) is 33.7 Å². The fourth-order valence-corrected chi connectivity index (χ4v) is 3.10. The Morgan fingerprint density at radius 2 is 2.00 bits per heavy atom. The highest BCUT2D eigenvalue weighted by Gasteiger charge is 2.33. The number of halogens is 1. The summed E-state index contributed by atoms with van der Waals surface area (Å²) in [5, 5.41) is 3.38. The SMILES string of the molecule is BrC1=CC2=C(OCCO2)C(N2CCNCC2)C1. The van der Waals surface area contributed by atoms with E-state index in [0.717, 1.165) is 44.1 Å². The normalized spacial score (nSPS) is 30.2. The Labute approximate surface area is 110 Å². The lowest BCUT2D eigenvalue weighted by Gasteiger charge is -2.39. The van der Waals surface area contributed by atoms with Crippen LogP contribution in [0.3, 0.4) is 0 Å². The van der Waals surface area contributed by atoms with E-state index in [1.807, 2.05) is 6.08 Å². The summed E-state index contributed by atoms with van der Waals surface area (Å²) in [6.45, 7) is 5.59. The summed E-state index contributed by atoms with van der Waals surface area (Å²) in [5.41, 5.74) is 0. The minimum absolute atomic E-state index is 0.340. The number of rotatable bonds is 1. The van der Waals surface area contributed by atoms with Crippen molar-refractivity contribution in [2.75, 3.05) is 39.4 Å². The summed E-state index contributed by atoms with van der Waals surface area (Å²) >= 11 is 3.61. The molecule has 2 heterocycles. The van der Waals surface area contributed by atoms with Crippen LogP contribution in [0, 0.1) is 0 Å². The highest BCUT2D eigenvalue weighted by molar-refractivity contribution is 9.11. The molecule has 1 unspecified atom stereocenters. The first-order valence-electron chi connectivity index (χ1n) is 6.15. The molecule has 0 spiro atoms. The molecule has 0 amide bonds. The van der Waals surface area contributed by atoms with E-state index in [1.165, 1.54) is 4.48 Å². The third-order valence-corrected chi connectivity index (χ3v) is 3.97. The van der Waals surface area contributed by atoms with Gasteiger partial charge in [-0.2, -0.15) is 0 Å². The number of hydrogen-bond donors (Lipinski definition) is 1. The monoisotopic (exact) mass is 300 g/mol. The molecule has 3 aliphatic rings. The molecule has 1 saturated heterocycles. The summed E-state index contributed by atoms with van der Waals surface area (Å²) in [6.07, 6.45) is 3.04. The maximum absolute atomic E-state index is 5.82. The molecule has 0 aromatic heterocycles.